The number of nitrogens with one attached hydrogen (secondary N) is 1. The van der Waals surface area contributed by atoms with Crippen LogP contribution in [0.15, 0.2) is 0 Å². The molecule has 0 bridgehead atoms. The smallest absolute Gasteiger partial charge is 0.245 e. The number of aliphatic hydroxyl groups is 1. The summed E-state index contributed by atoms with van der Waals surface area (Å²) in [5.74, 6) is -0.104. The first-order valence-corrected chi connectivity index (χ1v) is 5.78. The van der Waals surface area contributed by atoms with Crippen LogP contribution in [0, 0.1) is 0 Å². The number of amides is 2. The summed E-state index contributed by atoms with van der Waals surface area (Å²) in [5.41, 5.74) is -0.781. The minimum atomic E-state index is -0.781. The lowest BCUT2D eigenvalue weighted by Crippen LogP contribution is -2.53. The number of piperidine rings is 1. The summed E-state index contributed by atoms with van der Waals surface area (Å²) < 4.78 is 0. The average Bonchev–Trinajstić information content (AvgIpc) is 2.62. The fourth-order valence-electron chi connectivity index (χ4n) is 2.43. The van der Waals surface area contributed by atoms with Crippen molar-refractivity contribution in [2.75, 3.05) is 13.1 Å². The molecule has 2 N–H and O–H groups in total. The fraction of sp³-hybridized carbons (Fsp3) is 0.818. The van der Waals surface area contributed by atoms with E-state index in [-0.39, 0.29) is 17.9 Å². The van der Waals surface area contributed by atoms with Gasteiger partial charge in [-0.05, 0) is 26.2 Å². The van der Waals surface area contributed by atoms with E-state index in [1.54, 1.807) is 11.8 Å². The van der Waals surface area contributed by atoms with Crippen LogP contribution in [0.5, 0.6) is 0 Å². The molecule has 0 aliphatic carbocycles. The third kappa shape index (κ3) is 2.35. The van der Waals surface area contributed by atoms with Gasteiger partial charge in [-0.1, -0.05) is 0 Å². The maximum absolute atomic E-state index is 12.0. The van der Waals surface area contributed by atoms with Crippen molar-refractivity contribution >= 4 is 11.8 Å². The van der Waals surface area contributed by atoms with Crippen LogP contribution in [0.2, 0.25) is 0 Å². The lowest BCUT2D eigenvalue weighted by molar-refractivity contribution is -0.140. The number of likely N-dealkylation sites (tertiary alicyclic amines) is 1. The first kappa shape index (κ1) is 11.4. The van der Waals surface area contributed by atoms with Crippen LogP contribution < -0.4 is 5.32 Å². The largest absolute Gasteiger partial charge is 0.388 e. The van der Waals surface area contributed by atoms with Crippen molar-refractivity contribution in [1.29, 1.82) is 0 Å². The molecule has 2 atom stereocenters. The molecular formula is C11H18N2O3. The quantitative estimate of drug-likeness (QED) is 0.641. The van der Waals surface area contributed by atoms with Crippen molar-refractivity contribution in [3.63, 3.8) is 0 Å². The Labute approximate surface area is 94.8 Å². The molecule has 16 heavy (non-hydrogen) atoms. The predicted molar refractivity (Wildman–Crippen MR) is 57.6 cm³/mol. The number of β-amino-alcohol motifs (C(OH)–C–C–N with tert-alkyl or cyclic N) is 1. The maximum Gasteiger partial charge on any atom is 0.245 e. The van der Waals surface area contributed by atoms with Crippen LogP contribution in [0.1, 0.15) is 32.6 Å². The summed E-state index contributed by atoms with van der Waals surface area (Å²) in [6, 6.07) is -0.374. The van der Waals surface area contributed by atoms with E-state index >= 15 is 0 Å². The zero-order chi connectivity index (χ0) is 11.8. The molecule has 5 nitrogen and oxygen atoms in total. The van der Waals surface area contributed by atoms with E-state index in [0.29, 0.717) is 25.9 Å². The van der Waals surface area contributed by atoms with Crippen molar-refractivity contribution in [3.8, 4) is 0 Å². The highest BCUT2D eigenvalue weighted by Crippen LogP contribution is 2.22. The summed E-state index contributed by atoms with van der Waals surface area (Å²) in [7, 11) is 0. The van der Waals surface area contributed by atoms with E-state index < -0.39 is 5.60 Å². The molecule has 2 aliphatic heterocycles. The van der Waals surface area contributed by atoms with Gasteiger partial charge in [0.1, 0.15) is 6.04 Å². The molecule has 0 aromatic rings. The van der Waals surface area contributed by atoms with Gasteiger partial charge in [0, 0.05) is 19.5 Å². The van der Waals surface area contributed by atoms with Crippen LogP contribution in [0.3, 0.4) is 0 Å². The number of carbonyl (C=O) groups excluding carboxylic acids is 2. The van der Waals surface area contributed by atoms with Gasteiger partial charge in [-0.3, -0.25) is 9.59 Å². The molecule has 2 saturated heterocycles. The Kier molecular flexibility index (Phi) is 2.88. The Bertz CT molecular complexity index is 314. The molecule has 5 heteroatoms. The number of hydrogen-bond acceptors (Lipinski definition) is 3. The van der Waals surface area contributed by atoms with Crippen LogP contribution in [-0.4, -0.2) is 46.6 Å². The minimum absolute atomic E-state index is 0.0502. The zero-order valence-corrected chi connectivity index (χ0v) is 9.53. The standard InChI is InChI=1S/C11H18N2O3/c1-11(16)5-2-6-13(7-11)10(15)8-3-4-9(14)12-8/h8,16H,2-7H2,1H3,(H,12,14). The molecular weight excluding hydrogens is 208 g/mol. The summed E-state index contributed by atoms with van der Waals surface area (Å²) in [6.07, 6.45) is 2.56. The first-order valence-electron chi connectivity index (χ1n) is 5.78. The molecule has 90 valence electrons. The maximum atomic E-state index is 12.0. The molecule has 2 aliphatic rings. The van der Waals surface area contributed by atoms with Crippen molar-refractivity contribution in [2.45, 2.75) is 44.2 Å². The van der Waals surface area contributed by atoms with Crippen LogP contribution in [0.25, 0.3) is 0 Å². The Hall–Kier alpha value is -1.10. The molecule has 2 heterocycles. The normalized spacial score (nSPS) is 35.0. The lowest BCUT2D eigenvalue weighted by Gasteiger charge is -2.37. The second-order valence-corrected chi connectivity index (χ2v) is 5.02. The van der Waals surface area contributed by atoms with Gasteiger partial charge in [0.05, 0.1) is 5.60 Å². The lowest BCUT2D eigenvalue weighted by atomic mass is 9.94. The van der Waals surface area contributed by atoms with Gasteiger partial charge < -0.3 is 15.3 Å². The van der Waals surface area contributed by atoms with Crippen molar-refractivity contribution in [2.24, 2.45) is 0 Å². The van der Waals surface area contributed by atoms with Crippen molar-refractivity contribution in [3.05, 3.63) is 0 Å². The number of nitrogens with zero attached hydrogens (tertiary/aromatic N) is 1. The van der Waals surface area contributed by atoms with E-state index in [1.807, 2.05) is 0 Å². The topological polar surface area (TPSA) is 69.6 Å². The van der Waals surface area contributed by atoms with E-state index in [9.17, 15) is 14.7 Å². The SMILES string of the molecule is CC1(O)CCCN(C(=O)C2CCC(=O)N2)C1. The highest BCUT2D eigenvalue weighted by molar-refractivity contribution is 5.90. The minimum Gasteiger partial charge on any atom is -0.388 e. The van der Waals surface area contributed by atoms with E-state index in [0.717, 1.165) is 12.8 Å². The Morgan fingerprint density at radius 1 is 1.62 bits per heavy atom. The summed E-state index contributed by atoms with van der Waals surface area (Å²) in [5, 5.41) is 12.6. The van der Waals surface area contributed by atoms with Crippen LogP contribution >= 0.6 is 0 Å². The third-order valence-electron chi connectivity index (χ3n) is 3.28. The average molecular weight is 226 g/mol. The number of rotatable bonds is 1. The van der Waals surface area contributed by atoms with Gasteiger partial charge in [-0.15, -0.1) is 0 Å². The Morgan fingerprint density at radius 3 is 2.94 bits per heavy atom. The summed E-state index contributed by atoms with van der Waals surface area (Å²) >= 11 is 0. The number of hydrogen-bond donors (Lipinski definition) is 2. The third-order valence-corrected chi connectivity index (χ3v) is 3.28. The van der Waals surface area contributed by atoms with Gasteiger partial charge in [0.15, 0.2) is 0 Å². The molecule has 0 radical (unpaired) electrons. The molecule has 0 aromatic carbocycles. The molecule has 2 unspecified atom stereocenters. The van der Waals surface area contributed by atoms with Crippen LogP contribution in [0.4, 0.5) is 0 Å². The Balaban J connectivity index is 1.96. The van der Waals surface area contributed by atoms with Gasteiger partial charge in [-0.2, -0.15) is 0 Å². The second-order valence-electron chi connectivity index (χ2n) is 5.02. The van der Waals surface area contributed by atoms with Gasteiger partial charge in [0.2, 0.25) is 11.8 Å². The molecule has 2 fully saturated rings. The highest BCUT2D eigenvalue weighted by atomic mass is 16.3. The van der Waals surface area contributed by atoms with Gasteiger partial charge in [-0.25, -0.2) is 0 Å². The van der Waals surface area contributed by atoms with Gasteiger partial charge in [0.25, 0.3) is 0 Å². The second kappa shape index (κ2) is 4.05. The number of carbonyl (C=O) groups is 2. The monoisotopic (exact) mass is 226 g/mol. The molecule has 0 aromatic heterocycles. The van der Waals surface area contributed by atoms with E-state index in [1.165, 1.54) is 0 Å². The van der Waals surface area contributed by atoms with E-state index in [2.05, 4.69) is 5.32 Å². The van der Waals surface area contributed by atoms with Crippen molar-refractivity contribution in [1.82, 2.24) is 10.2 Å². The van der Waals surface area contributed by atoms with Gasteiger partial charge >= 0.3 is 0 Å². The zero-order valence-electron chi connectivity index (χ0n) is 9.53. The predicted octanol–water partition coefficient (Wildman–Crippen LogP) is -0.362. The first-order chi connectivity index (χ1) is 7.48. The highest BCUT2D eigenvalue weighted by Gasteiger charge is 2.36. The molecule has 2 amide bonds. The van der Waals surface area contributed by atoms with E-state index in [4.69, 9.17) is 0 Å². The molecule has 2 rings (SSSR count). The summed E-state index contributed by atoms with van der Waals surface area (Å²) in [4.78, 5) is 24.7. The van der Waals surface area contributed by atoms with Crippen LogP contribution in [-0.2, 0) is 9.59 Å². The Morgan fingerprint density at radius 2 is 2.38 bits per heavy atom. The molecule has 0 saturated carbocycles. The fourth-order valence-corrected chi connectivity index (χ4v) is 2.43. The summed E-state index contributed by atoms with van der Waals surface area (Å²) in [6.45, 7) is 2.80. The van der Waals surface area contributed by atoms with Crippen molar-refractivity contribution < 1.29 is 14.7 Å². The molecule has 0 spiro atoms.